The highest BCUT2D eigenvalue weighted by Crippen LogP contribution is 2.43. The molecule has 3 heteroatoms. The van der Waals surface area contributed by atoms with Crippen molar-refractivity contribution in [3.05, 3.63) is 223 Å². The molecular weight excluding hydrogens is 693 g/mol. The van der Waals surface area contributed by atoms with E-state index >= 15 is 0 Å². The Morgan fingerprint density at radius 3 is 2.18 bits per heavy atom. The lowest BCUT2D eigenvalue weighted by atomic mass is 9.97. The van der Waals surface area contributed by atoms with Gasteiger partial charge in [-0.25, -0.2) is 0 Å². The Labute approximate surface area is 330 Å². The molecule has 0 saturated carbocycles. The number of hydrogen-bond donors (Lipinski definition) is 0. The quantitative estimate of drug-likeness (QED) is 0.153. The van der Waals surface area contributed by atoms with E-state index in [1.165, 1.54) is 10.8 Å². The van der Waals surface area contributed by atoms with Crippen LogP contribution >= 0.6 is 0 Å². The van der Waals surface area contributed by atoms with Crippen molar-refractivity contribution < 1.29 is 4.42 Å². The molecule has 8 aromatic carbocycles. The Hall–Kier alpha value is -7.98. The molecule has 0 N–H and O–H groups in total. The zero-order valence-corrected chi connectivity index (χ0v) is 30.8. The van der Waals surface area contributed by atoms with Gasteiger partial charge in [0, 0.05) is 43.9 Å². The summed E-state index contributed by atoms with van der Waals surface area (Å²) in [7, 11) is 0. The number of furan rings is 1. The third-order valence-electron chi connectivity index (χ3n) is 10.9. The van der Waals surface area contributed by atoms with Gasteiger partial charge in [-0.05, 0) is 95.2 Å². The maximum absolute atomic E-state index is 6.52. The Morgan fingerprint density at radius 2 is 1.28 bits per heavy atom. The van der Waals surface area contributed by atoms with Gasteiger partial charge in [0.05, 0.1) is 22.6 Å². The molecule has 0 aliphatic heterocycles. The predicted molar refractivity (Wildman–Crippen MR) is 235 cm³/mol. The van der Waals surface area contributed by atoms with Crippen LogP contribution in [0, 0.1) is 12.1 Å². The highest BCUT2D eigenvalue weighted by Gasteiger charge is 2.21. The van der Waals surface area contributed by atoms with E-state index in [-0.39, 0.29) is 0 Å². The van der Waals surface area contributed by atoms with Crippen LogP contribution in [0.5, 0.6) is 0 Å². The zero-order valence-electron chi connectivity index (χ0n) is 30.8. The minimum atomic E-state index is 0.876. The molecule has 1 aliphatic rings. The second-order valence-corrected chi connectivity index (χ2v) is 14.2. The Morgan fingerprint density at radius 1 is 0.544 bits per heavy atom. The van der Waals surface area contributed by atoms with Crippen LogP contribution in [0.25, 0.3) is 82.8 Å². The summed E-state index contributed by atoms with van der Waals surface area (Å²) < 4.78 is 8.84. The lowest BCUT2D eigenvalue weighted by Gasteiger charge is -2.27. The zero-order chi connectivity index (χ0) is 37.7. The van der Waals surface area contributed by atoms with Crippen LogP contribution in [0.2, 0.25) is 0 Å². The number of hydrogen-bond acceptors (Lipinski definition) is 2. The molecule has 57 heavy (non-hydrogen) atoms. The maximum Gasteiger partial charge on any atom is 0.143 e. The standard InChI is InChI=1S/C54H32N2O/c1-2-18-40(19-3-1)55(50-28-10-7-23-45(50)47-25-15-26-48-46-24-8-13-31-53(46)57-54(47)48)41-34-32-37(33-35-41)38-16-14-17-39(36-38)42-20-4-9-27-49(42)56-51-29-11-5-21-43(51)44-22-6-12-30-52(44)56/h1-2,4-11,13-18,20-29,31-36H. The summed E-state index contributed by atoms with van der Waals surface area (Å²) in [6.45, 7) is 0. The van der Waals surface area contributed by atoms with Gasteiger partial charge in [-0.2, -0.15) is 0 Å². The van der Waals surface area contributed by atoms with Gasteiger partial charge in [-0.15, -0.1) is 0 Å². The summed E-state index contributed by atoms with van der Waals surface area (Å²) >= 11 is 0. The highest BCUT2D eigenvalue weighted by atomic mass is 16.3. The molecule has 0 amide bonds. The Balaban J connectivity index is 1.00. The molecule has 0 unspecified atom stereocenters. The van der Waals surface area contributed by atoms with Crippen molar-refractivity contribution in [3.63, 3.8) is 0 Å². The van der Waals surface area contributed by atoms with Crippen LogP contribution in [0.4, 0.5) is 11.4 Å². The monoisotopic (exact) mass is 724 g/mol. The van der Waals surface area contributed by atoms with Crippen molar-refractivity contribution in [3.8, 4) is 39.1 Å². The van der Waals surface area contributed by atoms with Crippen LogP contribution in [0.15, 0.2) is 216 Å². The molecule has 0 bridgehead atoms. The van der Waals surface area contributed by atoms with Crippen molar-refractivity contribution in [2.75, 3.05) is 4.90 Å². The molecule has 3 nitrogen and oxygen atoms in total. The second kappa shape index (κ2) is 13.4. The van der Waals surface area contributed by atoms with Crippen LogP contribution < -0.4 is 4.90 Å². The van der Waals surface area contributed by atoms with Crippen molar-refractivity contribution in [1.82, 2.24) is 4.57 Å². The van der Waals surface area contributed by atoms with E-state index < -0.39 is 0 Å². The molecule has 264 valence electrons. The fourth-order valence-electron chi connectivity index (χ4n) is 8.36. The normalized spacial score (nSPS) is 12.1. The number of allylic oxidation sites excluding steroid dienone is 3. The molecule has 0 saturated heterocycles. The van der Waals surface area contributed by atoms with Crippen molar-refractivity contribution in [2.45, 2.75) is 0 Å². The average molecular weight is 725 g/mol. The highest BCUT2D eigenvalue weighted by molar-refractivity contribution is 6.11. The lowest BCUT2D eigenvalue weighted by molar-refractivity contribution is 0.670. The topological polar surface area (TPSA) is 21.3 Å². The van der Waals surface area contributed by atoms with Crippen LogP contribution in [0.3, 0.4) is 0 Å². The van der Waals surface area contributed by atoms with Crippen LogP contribution in [-0.4, -0.2) is 4.57 Å². The molecule has 11 rings (SSSR count). The second-order valence-electron chi connectivity index (χ2n) is 14.2. The van der Waals surface area contributed by atoms with E-state index in [2.05, 4.69) is 197 Å². The first kappa shape index (κ1) is 32.5. The summed E-state index contributed by atoms with van der Waals surface area (Å²) in [6.07, 6.45) is 5.97. The molecule has 2 aromatic heterocycles. The maximum atomic E-state index is 6.52. The number of rotatable bonds is 7. The lowest BCUT2D eigenvalue weighted by Crippen LogP contribution is -2.16. The third kappa shape index (κ3) is 5.42. The Kier molecular flexibility index (Phi) is 7.63. The minimum absolute atomic E-state index is 0.876. The third-order valence-corrected chi connectivity index (χ3v) is 10.9. The van der Waals surface area contributed by atoms with E-state index in [0.717, 1.165) is 89.1 Å². The van der Waals surface area contributed by atoms with Gasteiger partial charge in [0.1, 0.15) is 16.7 Å². The van der Waals surface area contributed by atoms with Crippen molar-refractivity contribution >= 4 is 55.1 Å². The van der Waals surface area contributed by atoms with E-state index in [4.69, 9.17) is 4.42 Å². The number of anilines is 2. The van der Waals surface area contributed by atoms with Gasteiger partial charge >= 0.3 is 0 Å². The first-order valence-electron chi connectivity index (χ1n) is 19.1. The van der Waals surface area contributed by atoms with Crippen LogP contribution in [0.1, 0.15) is 0 Å². The number of aromatic nitrogens is 1. The van der Waals surface area contributed by atoms with Gasteiger partial charge in [-0.3, -0.25) is 0 Å². The minimum Gasteiger partial charge on any atom is -0.455 e. The van der Waals surface area contributed by atoms with Gasteiger partial charge in [0.15, 0.2) is 0 Å². The summed E-state index contributed by atoms with van der Waals surface area (Å²) in [5.74, 6) is 0. The fraction of sp³-hybridized carbons (Fsp3) is 0. The number of benzene rings is 7. The molecule has 0 fully saturated rings. The molecule has 1 aliphatic carbocycles. The SMILES string of the molecule is C1=C=C(N(c2ccc(-c3cccc(-c4ccccc4-n4c5c#cccc5c5ccccc54)c3)cc2)c2ccccc2-c2cccc3c2oc2ccccc23)C=CC=1. The van der Waals surface area contributed by atoms with Crippen molar-refractivity contribution in [2.24, 2.45) is 0 Å². The van der Waals surface area contributed by atoms with E-state index in [0.29, 0.717) is 0 Å². The number of nitrogens with zero attached hydrogens (tertiary/aromatic N) is 2. The first-order valence-corrected chi connectivity index (χ1v) is 19.1. The molecule has 0 radical (unpaired) electrons. The molecule has 0 spiro atoms. The van der Waals surface area contributed by atoms with Crippen LogP contribution in [-0.2, 0) is 0 Å². The summed E-state index contributed by atoms with van der Waals surface area (Å²) in [4.78, 5) is 2.25. The van der Waals surface area contributed by atoms with Gasteiger partial charge in [0.2, 0.25) is 0 Å². The molecular formula is C54H32N2O. The molecule has 0 atom stereocenters. The summed E-state index contributed by atoms with van der Waals surface area (Å²) in [6, 6.07) is 68.7. The van der Waals surface area contributed by atoms with Gasteiger partial charge < -0.3 is 13.9 Å². The fourth-order valence-corrected chi connectivity index (χ4v) is 8.36. The summed E-state index contributed by atoms with van der Waals surface area (Å²) in [5, 5.41) is 4.59. The smallest absolute Gasteiger partial charge is 0.143 e. The summed E-state index contributed by atoms with van der Waals surface area (Å²) in [5.41, 5.74) is 21.2. The van der Waals surface area contributed by atoms with Gasteiger partial charge in [0.25, 0.3) is 0 Å². The van der Waals surface area contributed by atoms with E-state index in [9.17, 15) is 0 Å². The number of para-hydroxylation sites is 5. The molecule has 2 heterocycles. The Bertz CT molecular complexity index is 3270. The molecule has 10 aromatic rings. The van der Waals surface area contributed by atoms with E-state index in [1.54, 1.807) is 0 Å². The average Bonchev–Trinajstić information content (AvgIpc) is 3.84. The number of fused-ring (bicyclic) bond motifs is 6. The van der Waals surface area contributed by atoms with Crippen molar-refractivity contribution in [1.29, 1.82) is 0 Å². The first-order chi connectivity index (χ1) is 28.3. The van der Waals surface area contributed by atoms with Gasteiger partial charge in [-0.1, -0.05) is 139 Å². The van der Waals surface area contributed by atoms with E-state index in [1.807, 2.05) is 30.4 Å². The largest absolute Gasteiger partial charge is 0.455 e. The predicted octanol–water partition coefficient (Wildman–Crippen LogP) is 14.2.